The molecule has 7 nitrogen and oxygen atoms in total. The molecule has 2 heterocycles. The van der Waals surface area contributed by atoms with E-state index in [9.17, 15) is 10.1 Å². The fourth-order valence-electron chi connectivity index (χ4n) is 2.54. The number of nitrogens with one attached hydrogen (secondary N) is 1. The lowest BCUT2D eigenvalue weighted by molar-refractivity contribution is -0.384. The van der Waals surface area contributed by atoms with E-state index >= 15 is 0 Å². The maximum absolute atomic E-state index is 10.6. The molecular formula is C14H16N4O3. The standard InChI is InChI=1S/C14H16N4O3/c19-18(20)12-5-3-11(4-6-12)14-16-13(17-21-14)8-10-2-1-7-15-9-10/h3-6,10,15H,1-2,7-9H2. The van der Waals surface area contributed by atoms with Crippen molar-refractivity contribution in [2.24, 2.45) is 5.92 Å². The lowest BCUT2D eigenvalue weighted by Gasteiger charge is -2.20. The molecule has 1 aromatic heterocycles. The van der Waals surface area contributed by atoms with Gasteiger partial charge < -0.3 is 9.84 Å². The fraction of sp³-hybridized carbons (Fsp3) is 0.429. The average molecular weight is 288 g/mol. The van der Waals surface area contributed by atoms with E-state index in [4.69, 9.17) is 4.52 Å². The summed E-state index contributed by atoms with van der Waals surface area (Å²) < 4.78 is 5.24. The van der Waals surface area contributed by atoms with Crippen LogP contribution in [0.1, 0.15) is 18.7 Å². The predicted octanol–water partition coefficient (Wildman–Crippen LogP) is 2.19. The molecule has 7 heteroatoms. The van der Waals surface area contributed by atoms with Crippen molar-refractivity contribution in [2.75, 3.05) is 13.1 Å². The monoisotopic (exact) mass is 288 g/mol. The molecule has 2 aromatic rings. The summed E-state index contributed by atoms with van der Waals surface area (Å²) in [6.45, 7) is 2.07. The number of non-ortho nitro benzene ring substituents is 1. The van der Waals surface area contributed by atoms with Crippen molar-refractivity contribution < 1.29 is 9.45 Å². The number of nitrogens with zero attached hydrogens (tertiary/aromatic N) is 3. The number of aromatic nitrogens is 2. The molecule has 0 amide bonds. The number of hydrogen-bond donors (Lipinski definition) is 1. The first-order valence-corrected chi connectivity index (χ1v) is 7.00. The highest BCUT2D eigenvalue weighted by Gasteiger charge is 2.17. The van der Waals surface area contributed by atoms with E-state index in [1.807, 2.05) is 0 Å². The molecule has 1 aromatic carbocycles. The molecule has 0 aliphatic carbocycles. The zero-order valence-electron chi connectivity index (χ0n) is 11.5. The zero-order chi connectivity index (χ0) is 14.7. The quantitative estimate of drug-likeness (QED) is 0.684. The van der Waals surface area contributed by atoms with Crippen molar-refractivity contribution in [3.8, 4) is 11.5 Å². The van der Waals surface area contributed by atoms with Gasteiger partial charge in [-0.3, -0.25) is 10.1 Å². The first-order chi connectivity index (χ1) is 10.2. The van der Waals surface area contributed by atoms with Gasteiger partial charge in [0.05, 0.1) is 4.92 Å². The van der Waals surface area contributed by atoms with Gasteiger partial charge in [-0.1, -0.05) is 5.16 Å². The van der Waals surface area contributed by atoms with Crippen molar-refractivity contribution in [2.45, 2.75) is 19.3 Å². The molecule has 1 aliphatic rings. The van der Waals surface area contributed by atoms with Crippen LogP contribution in [0.25, 0.3) is 11.5 Å². The molecule has 1 fully saturated rings. The minimum atomic E-state index is -0.431. The Morgan fingerprint density at radius 3 is 2.86 bits per heavy atom. The zero-order valence-corrected chi connectivity index (χ0v) is 11.5. The Morgan fingerprint density at radius 2 is 2.19 bits per heavy atom. The Morgan fingerprint density at radius 1 is 1.38 bits per heavy atom. The van der Waals surface area contributed by atoms with Crippen LogP contribution in [0, 0.1) is 16.0 Å². The summed E-state index contributed by atoms with van der Waals surface area (Å²) in [4.78, 5) is 14.6. The number of rotatable bonds is 4. The van der Waals surface area contributed by atoms with Gasteiger partial charge in [-0.25, -0.2) is 0 Å². The minimum absolute atomic E-state index is 0.0479. The number of hydrogen-bond acceptors (Lipinski definition) is 6. The highest BCUT2D eigenvalue weighted by Crippen LogP contribution is 2.22. The van der Waals surface area contributed by atoms with Gasteiger partial charge in [0.2, 0.25) is 0 Å². The Bertz CT molecular complexity index is 617. The maximum atomic E-state index is 10.6. The van der Waals surface area contributed by atoms with E-state index in [-0.39, 0.29) is 5.69 Å². The van der Waals surface area contributed by atoms with Crippen LogP contribution in [0.3, 0.4) is 0 Å². The van der Waals surface area contributed by atoms with Gasteiger partial charge in [-0.2, -0.15) is 4.98 Å². The molecule has 0 spiro atoms. The molecule has 0 saturated carbocycles. The van der Waals surface area contributed by atoms with Crippen LogP contribution in [0.4, 0.5) is 5.69 Å². The molecule has 1 atom stereocenters. The van der Waals surface area contributed by atoms with E-state index in [1.54, 1.807) is 12.1 Å². The Labute approximate surface area is 121 Å². The maximum Gasteiger partial charge on any atom is 0.269 e. The van der Waals surface area contributed by atoms with Crippen molar-refractivity contribution >= 4 is 5.69 Å². The van der Waals surface area contributed by atoms with Crippen LogP contribution in [-0.4, -0.2) is 28.2 Å². The summed E-state index contributed by atoms with van der Waals surface area (Å²) in [7, 11) is 0. The van der Waals surface area contributed by atoms with Gasteiger partial charge >= 0.3 is 0 Å². The summed E-state index contributed by atoms with van der Waals surface area (Å²) in [5.74, 6) is 1.64. The smallest absolute Gasteiger partial charge is 0.269 e. The van der Waals surface area contributed by atoms with E-state index < -0.39 is 4.92 Å². The van der Waals surface area contributed by atoms with Gasteiger partial charge in [-0.15, -0.1) is 0 Å². The molecule has 1 aliphatic heterocycles. The molecular weight excluding hydrogens is 272 g/mol. The van der Waals surface area contributed by atoms with Gasteiger partial charge in [0, 0.05) is 24.1 Å². The number of nitro groups is 1. The second-order valence-corrected chi connectivity index (χ2v) is 5.24. The molecule has 3 rings (SSSR count). The SMILES string of the molecule is O=[N+]([O-])c1ccc(-c2nc(CC3CCCNC3)no2)cc1. The third-order valence-corrected chi connectivity index (χ3v) is 3.66. The topological polar surface area (TPSA) is 94.1 Å². The van der Waals surface area contributed by atoms with E-state index in [0.29, 0.717) is 23.2 Å². The molecule has 0 radical (unpaired) electrons. The van der Waals surface area contributed by atoms with Crippen LogP contribution in [-0.2, 0) is 6.42 Å². The molecule has 0 bridgehead atoms. The number of nitro benzene ring substituents is 1. The number of piperidine rings is 1. The van der Waals surface area contributed by atoms with E-state index in [0.717, 1.165) is 19.5 Å². The van der Waals surface area contributed by atoms with Crippen molar-refractivity contribution in [1.82, 2.24) is 15.5 Å². The Hall–Kier alpha value is -2.28. The second-order valence-electron chi connectivity index (χ2n) is 5.24. The van der Waals surface area contributed by atoms with Gasteiger partial charge in [0.25, 0.3) is 11.6 Å². The first kappa shape index (κ1) is 13.7. The third-order valence-electron chi connectivity index (χ3n) is 3.66. The summed E-state index contributed by atoms with van der Waals surface area (Å²) >= 11 is 0. The van der Waals surface area contributed by atoms with Crippen LogP contribution in [0.15, 0.2) is 28.8 Å². The van der Waals surface area contributed by atoms with E-state index in [1.165, 1.54) is 25.0 Å². The van der Waals surface area contributed by atoms with E-state index in [2.05, 4.69) is 15.5 Å². The van der Waals surface area contributed by atoms with Crippen LogP contribution < -0.4 is 5.32 Å². The predicted molar refractivity (Wildman–Crippen MR) is 75.7 cm³/mol. The average Bonchev–Trinajstić information content (AvgIpc) is 2.97. The van der Waals surface area contributed by atoms with Gasteiger partial charge in [0.1, 0.15) is 0 Å². The highest BCUT2D eigenvalue weighted by atomic mass is 16.6. The molecule has 110 valence electrons. The third kappa shape index (κ3) is 3.25. The van der Waals surface area contributed by atoms with Crippen LogP contribution in [0.5, 0.6) is 0 Å². The molecule has 1 unspecified atom stereocenters. The van der Waals surface area contributed by atoms with Crippen molar-refractivity contribution in [3.05, 3.63) is 40.2 Å². The molecule has 1 saturated heterocycles. The Kier molecular flexibility index (Phi) is 3.92. The summed E-state index contributed by atoms with van der Waals surface area (Å²) in [5.41, 5.74) is 0.743. The highest BCUT2D eigenvalue weighted by molar-refractivity contribution is 5.55. The largest absolute Gasteiger partial charge is 0.334 e. The summed E-state index contributed by atoms with van der Waals surface area (Å²) in [6, 6.07) is 6.11. The van der Waals surface area contributed by atoms with Crippen LogP contribution in [0.2, 0.25) is 0 Å². The van der Waals surface area contributed by atoms with Crippen molar-refractivity contribution in [1.29, 1.82) is 0 Å². The summed E-state index contributed by atoms with van der Waals surface area (Å²) in [5, 5.41) is 18.0. The second kappa shape index (κ2) is 6.01. The van der Waals surface area contributed by atoms with Gasteiger partial charge in [0.15, 0.2) is 5.82 Å². The van der Waals surface area contributed by atoms with Gasteiger partial charge in [-0.05, 0) is 44.0 Å². The molecule has 21 heavy (non-hydrogen) atoms. The molecule has 1 N–H and O–H groups in total. The summed E-state index contributed by atoms with van der Waals surface area (Å²) in [6.07, 6.45) is 3.15. The van der Waals surface area contributed by atoms with Crippen molar-refractivity contribution in [3.63, 3.8) is 0 Å². The minimum Gasteiger partial charge on any atom is -0.334 e. The number of benzene rings is 1. The lowest BCUT2D eigenvalue weighted by Crippen LogP contribution is -2.31. The fourth-order valence-corrected chi connectivity index (χ4v) is 2.54. The normalized spacial score (nSPS) is 18.6. The van der Waals surface area contributed by atoms with Crippen LogP contribution >= 0.6 is 0 Å². The lowest BCUT2D eigenvalue weighted by atomic mass is 9.96. The first-order valence-electron chi connectivity index (χ1n) is 7.00. The Balaban J connectivity index is 1.70.